The molecule has 1 aliphatic heterocycles. The molecule has 1 atom stereocenters. The number of hydrogen-bond donors (Lipinski definition) is 0. The highest BCUT2D eigenvalue weighted by Crippen LogP contribution is 2.36. The number of ether oxygens (including phenoxy) is 2. The maximum Gasteiger partial charge on any atom is 0.120 e. The van der Waals surface area contributed by atoms with Gasteiger partial charge in [0.05, 0.1) is 12.6 Å². The van der Waals surface area contributed by atoms with Gasteiger partial charge in [0, 0.05) is 20.2 Å². The Labute approximate surface area is 165 Å². The Hall–Kier alpha value is -2.87. The molecule has 142 valence electrons. The van der Waals surface area contributed by atoms with Gasteiger partial charge in [-0.1, -0.05) is 48.5 Å². The van der Waals surface area contributed by atoms with Crippen LogP contribution in [0, 0.1) is 11.3 Å². The Morgan fingerprint density at radius 1 is 1.04 bits per heavy atom. The van der Waals surface area contributed by atoms with Gasteiger partial charge in [-0.15, -0.1) is 0 Å². The highest BCUT2D eigenvalue weighted by molar-refractivity contribution is 5.82. The highest BCUT2D eigenvalue weighted by Gasteiger charge is 2.39. The van der Waals surface area contributed by atoms with Gasteiger partial charge >= 0.3 is 0 Å². The second-order valence-electron chi connectivity index (χ2n) is 7.32. The monoisotopic (exact) mass is 372 g/mol. The summed E-state index contributed by atoms with van der Waals surface area (Å²) in [6.07, 6.45) is 0.874. The van der Waals surface area contributed by atoms with Crippen molar-refractivity contribution in [3.63, 3.8) is 0 Å². The number of rotatable bonds is 6. The highest BCUT2D eigenvalue weighted by atomic mass is 16.5. The first kappa shape index (κ1) is 18.5. The third-order valence-corrected chi connectivity index (χ3v) is 5.58. The van der Waals surface area contributed by atoms with Crippen LogP contribution >= 0.6 is 0 Å². The van der Waals surface area contributed by atoms with E-state index in [4.69, 9.17) is 14.7 Å². The van der Waals surface area contributed by atoms with Crippen molar-refractivity contribution in [2.45, 2.75) is 18.6 Å². The minimum Gasteiger partial charge on any atom is -0.489 e. The van der Waals surface area contributed by atoms with Crippen molar-refractivity contribution in [2.75, 3.05) is 26.7 Å². The first-order valence-electron chi connectivity index (χ1n) is 9.58. The molecule has 0 amide bonds. The predicted octanol–water partition coefficient (Wildman–Crippen LogP) is 4.49. The smallest absolute Gasteiger partial charge is 0.120 e. The van der Waals surface area contributed by atoms with Gasteiger partial charge in [-0.2, -0.15) is 5.26 Å². The van der Waals surface area contributed by atoms with Crippen molar-refractivity contribution in [1.82, 2.24) is 4.90 Å². The molecule has 4 rings (SSSR count). The van der Waals surface area contributed by atoms with E-state index in [-0.39, 0.29) is 5.60 Å². The molecule has 0 saturated carbocycles. The molecule has 0 N–H and O–H groups in total. The summed E-state index contributed by atoms with van der Waals surface area (Å²) in [7, 11) is 1.75. The minimum absolute atomic E-state index is 0.376. The van der Waals surface area contributed by atoms with Crippen LogP contribution in [0.3, 0.4) is 0 Å². The van der Waals surface area contributed by atoms with E-state index in [0.29, 0.717) is 13.2 Å². The quantitative estimate of drug-likeness (QED) is 0.598. The summed E-state index contributed by atoms with van der Waals surface area (Å²) in [6.45, 7) is 2.55. The Morgan fingerprint density at radius 2 is 1.89 bits per heavy atom. The van der Waals surface area contributed by atoms with Gasteiger partial charge in [0.25, 0.3) is 0 Å². The van der Waals surface area contributed by atoms with E-state index in [2.05, 4.69) is 65.6 Å². The van der Waals surface area contributed by atoms with Crippen LogP contribution in [0.5, 0.6) is 5.75 Å². The van der Waals surface area contributed by atoms with E-state index in [9.17, 15) is 0 Å². The van der Waals surface area contributed by atoms with Crippen LogP contribution in [0.15, 0.2) is 66.7 Å². The standard InChI is InChI=1S/C24H24N2O2/c1-27-24(11-13-26(18-24)14-12-25)22-7-4-8-23(16-22)28-17-19-9-10-20-5-2-3-6-21(20)15-19/h2-10,15-16H,11,13-14,17-18H2,1H3. The van der Waals surface area contributed by atoms with Crippen molar-refractivity contribution in [3.8, 4) is 11.8 Å². The molecule has 3 aromatic carbocycles. The second-order valence-corrected chi connectivity index (χ2v) is 7.32. The van der Waals surface area contributed by atoms with Crippen molar-refractivity contribution in [3.05, 3.63) is 77.9 Å². The first-order chi connectivity index (χ1) is 13.7. The van der Waals surface area contributed by atoms with E-state index in [1.165, 1.54) is 10.8 Å². The van der Waals surface area contributed by atoms with Crippen LogP contribution in [0.2, 0.25) is 0 Å². The summed E-state index contributed by atoms with van der Waals surface area (Å²) >= 11 is 0. The number of methoxy groups -OCH3 is 1. The Balaban J connectivity index is 1.49. The van der Waals surface area contributed by atoms with Crippen molar-refractivity contribution < 1.29 is 9.47 Å². The average molecular weight is 372 g/mol. The maximum atomic E-state index is 8.98. The van der Waals surface area contributed by atoms with Gasteiger partial charge in [-0.3, -0.25) is 4.90 Å². The van der Waals surface area contributed by atoms with E-state index < -0.39 is 0 Å². The Morgan fingerprint density at radius 3 is 2.71 bits per heavy atom. The third kappa shape index (κ3) is 3.73. The van der Waals surface area contributed by atoms with Crippen LogP contribution in [-0.2, 0) is 16.9 Å². The van der Waals surface area contributed by atoms with E-state index in [1.807, 2.05) is 12.1 Å². The average Bonchev–Trinajstić information content (AvgIpc) is 3.17. The maximum absolute atomic E-state index is 8.98. The van der Waals surface area contributed by atoms with Gasteiger partial charge < -0.3 is 9.47 Å². The zero-order valence-corrected chi connectivity index (χ0v) is 16.1. The molecule has 0 aromatic heterocycles. The van der Waals surface area contributed by atoms with Crippen molar-refractivity contribution in [1.29, 1.82) is 5.26 Å². The lowest BCUT2D eigenvalue weighted by Crippen LogP contribution is -2.33. The van der Waals surface area contributed by atoms with Crippen LogP contribution in [0.25, 0.3) is 10.8 Å². The normalized spacial score (nSPS) is 19.6. The summed E-state index contributed by atoms with van der Waals surface area (Å²) in [5, 5.41) is 11.4. The largest absolute Gasteiger partial charge is 0.489 e. The number of benzene rings is 3. The number of fused-ring (bicyclic) bond motifs is 1. The van der Waals surface area contributed by atoms with Gasteiger partial charge in [0.2, 0.25) is 0 Å². The SMILES string of the molecule is COC1(c2cccc(OCc3ccc4ccccc4c3)c2)CCN(CC#N)C1. The molecule has 1 unspecified atom stereocenters. The van der Waals surface area contributed by atoms with Crippen LogP contribution in [0.1, 0.15) is 17.5 Å². The molecule has 3 aromatic rings. The van der Waals surface area contributed by atoms with Gasteiger partial charge in [0.1, 0.15) is 18.0 Å². The molecule has 1 aliphatic rings. The molecule has 0 radical (unpaired) electrons. The lowest BCUT2D eigenvalue weighted by Gasteiger charge is -2.28. The molecule has 0 bridgehead atoms. The predicted molar refractivity (Wildman–Crippen MR) is 110 cm³/mol. The third-order valence-electron chi connectivity index (χ3n) is 5.58. The summed E-state index contributed by atoms with van der Waals surface area (Å²) < 4.78 is 12.0. The number of hydrogen-bond acceptors (Lipinski definition) is 4. The molecule has 1 fully saturated rings. The number of likely N-dealkylation sites (tertiary alicyclic amines) is 1. The molecule has 28 heavy (non-hydrogen) atoms. The number of nitriles is 1. The van der Waals surface area contributed by atoms with Gasteiger partial charge in [0.15, 0.2) is 0 Å². The topological polar surface area (TPSA) is 45.5 Å². The van der Waals surface area contributed by atoms with Crippen LogP contribution < -0.4 is 4.74 Å². The van der Waals surface area contributed by atoms with Crippen molar-refractivity contribution >= 4 is 10.8 Å². The van der Waals surface area contributed by atoms with E-state index >= 15 is 0 Å². The molecule has 4 heteroatoms. The van der Waals surface area contributed by atoms with E-state index in [0.717, 1.165) is 36.4 Å². The van der Waals surface area contributed by atoms with Gasteiger partial charge in [-0.05, 0) is 46.5 Å². The molecular formula is C24H24N2O2. The molecule has 1 saturated heterocycles. The van der Waals surface area contributed by atoms with Crippen LogP contribution in [0.4, 0.5) is 0 Å². The summed E-state index contributed by atoms with van der Waals surface area (Å²) in [5.41, 5.74) is 1.87. The Bertz CT molecular complexity index is 1010. The lowest BCUT2D eigenvalue weighted by molar-refractivity contribution is -0.00509. The van der Waals surface area contributed by atoms with Crippen molar-refractivity contribution in [2.24, 2.45) is 0 Å². The zero-order chi connectivity index (χ0) is 19.4. The van der Waals surface area contributed by atoms with Crippen LogP contribution in [-0.4, -0.2) is 31.6 Å². The number of nitrogens with zero attached hydrogens (tertiary/aromatic N) is 2. The first-order valence-corrected chi connectivity index (χ1v) is 9.58. The minimum atomic E-state index is -0.376. The molecule has 1 heterocycles. The molecule has 0 spiro atoms. The summed E-state index contributed by atoms with van der Waals surface area (Å²) in [6, 6.07) is 25.1. The van der Waals surface area contributed by atoms with E-state index in [1.54, 1.807) is 7.11 Å². The lowest BCUT2D eigenvalue weighted by atomic mass is 9.92. The second kappa shape index (κ2) is 8.02. The summed E-state index contributed by atoms with van der Waals surface area (Å²) in [5.74, 6) is 0.834. The Kier molecular flexibility index (Phi) is 5.29. The van der Waals surface area contributed by atoms with Gasteiger partial charge in [-0.25, -0.2) is 0 Å². The zero-order valence-electron chi connectivity index (χ0n) is 16.1. The fraction of sp³-hybridized carbons (Fsp3) is 0.292. The molecule has 4 nitrogen and oxygen atoms in total. The summed E-state index contributed by atoms with van der Waals surface area (Å²) in [4.78, 5) is 2.13. The molecular weight excluding hydrogens is 348 g/mol. The fourth-order valence-corrected chi connectivity index (χ4v) is 3.98. The molecule has 0 aliphatic carbocycles. The fourth-order valence-electron chi connectivity index (χ4n) is 3.98.